The zero-order valence-electron chi connectivity index (χ0n) is 13.7. The van der Waals surface area contributed by atoms with Crippen LogP contribution in [0, 0.1) is 5.92 Å². The van der Waals surface area contributed by atoms with Crippen molar-refractivity contribution in [3.05, 3.63) is 34.4 Å². The maximum atomic E-state index is 6.18. The van der Waals surface area contributed by atoms with Gasteiger partial charge in [0, 0.05) is 30.9 Å². The monoisotopic (exact) mass is 416 g/mol. The van der Waals surface area contributed by atoms with Crippen LogP contribution in [0.5, 0.6) is 0 Å². The lowest BCUT2D eigenvalue weighted by molar-refractivity contribution is 0.658. The third kappa shape index (κ3) is 3.23. The minimum Gasteiger partial charge on any atom is -0.398 e. The average Bonchev–Trinajstić information content (AvgIpc) is 3.29. The number of pyridine rings is 1. The van der Waals surface area contributed by atoms with Crippen LogP contribution < -0.4 is 10.6 Å². The highest BCUT2D eigenvalue weighted by molar-refractivity contribution is 9.10. The van der Waals surface area contributed by atoms with Crippen molar-refractivity contribution >= 4 is 38.9 Å². The van der Waals surface area contributed by atoms with Crippen LogP contribution in [0.2, 0.25) is 0 Å². The Labute approximate surface area is 158 Å². The Bertz CT molecular complexity index is 898. The van der Waals surface area contributed by atoms with E-state index >= 15 is 0 Å². The molecule has 25 heavy (non-hydrogen) atoms. The number of hydrogen-bond donors (Lipinski definition) is 1. The summed E-state index contributed by atoms with van der Waals surface area (Å²) in [4.78, 5) is 20.5. The van der Waals surface area contributed by atoms with Crippen LogP contribution in [0.4, 0.5) is 11.6 Å². The smallest absolute Gasteiger partial charge is 0.225 e. The third-order valence-corrected chi connectivity index (χ3v) is 5.86. The van der Waals surface area contributed by atoms with E-state index in [0.717, 1.165) is 39.9 Å². The Kier molecular flexibility index (Phi) is 4.39. The molecule has 0 spiro atoms. The first-order valence-corrected chi connectivity index (χ1v) is 9.73. The molecule has 1 fully saturated rings. The summed E-state index contributed by atoms with van der Waals surface area (Å²) in [6.07, 6.45) is 4.71. The van der Waals surface area contributed by atoms with E-state index in [2.05, 4.69) is 37.7 Å². The maximum Gasteiger partial charge on any atom is 0.225 e. The van der Waals surface area contributed by atoms with Crippen LogP contribution in [0.15, 0.2) is 34.4 Å². The molecule has 4 heterocycles. The van der Waals surface area contributed by atoms with Gasteiger partial charge in [0.25, 0.3) is 0 Å². The van der Waals surface area contributed by atoms with Crippen molar-refractivity contribution in [2.24, 2.45) is 5.92 Å². The third-order valence-electron chi connectivity index (χ3n) is 4.23. The highest BCUT2D eigenvalue weighted by Gasteiger charge is 2.22. The molecule has 0 aromatic carbocycles. The molecule has 2 N–H and O–H groups in total. The van der Waals surface area contributed by atoms with Crippen LogP contribution in [0.25, 0.3) is 22.1 Å². The van der Waals surface area contributed by atoms with Gasteiger partial charge in [0.1, 0.15) is 16.4 Å². The van der Waals surface area contributed by atoms with Gasteiger partial charge in [-0.15, -0.1) is 11.3 Å². The van der Waals surface area contributed by atoms with Crippen molar-refractivity contribution in [2.45, 2.75) is 13.3 Å². The van der Waals surface area contributed by atoms with Gasteiger partial charge >= 0.3 is 0 Å². The van der Waals surface area contributed by atoms with Gasteiger partial charge in [-0.3, -0.25) is 0 Å². The lowest BCUT2D eigenvalue weighted by Crippen LogP contribution is -2.21. The molecular formula is C17H17BrN6S. The summed E-state index contributed by atoms with van der Waals surface area (Å²) >= 11 is 5.09. The molecule has 4 rings (SSSR count). The second kappa shape index (κ2) is 6.68. The molecule has 1 aliphatic heterocycles. The van der Waals surface area contributed by atoms with E-state index in [1.807, 2.05) is 17.5 Å². The molecule has 0 saturated carbocycles. The number of halogens is 1. The zero-order valence-corrected chi connectivity index (χ0v) is 16.1. The average molecular weight is 417 g/mol. The molecule has 0 bridgehead atoms. The van der Waals surface area contributed by atoms with Gasteiger partial charge in [0.05, 0.1) is 15.9 Å². The maximum absolute atomic E-state index is 6.18. The summed E-state index contributed by atoms with van der Waals surface area (Å²) in [6.45, 7) is 4.22. The molecule has 8 heteroatoms. The Morgan fingerprint density at radius 1 is 1.24 bits per heavy atom. The molecule has 6 nitrogen and oxygen atoms in total. The summed E-state index contributed by atoms with van der Waals surface area (Å²) in [5.74, 6) is 1.41. The van der Waals surface area contributed by atoms with E-state index in [4.69, 9.17) is 15.7 Å². The SMILES string of the molecule is CC1CCN(c2nccc(-c3nc(-c4nccs4)cc(N)c3Br)n2)C1. The highest BCUT2D eigenvalue weighted by Crippen LogP contribution is 2.34. The molecule has 1 atom stereocenters. The number of anilines is 2. The quantitative estimate of drug-likeness (QED) is 0.697. The number of nitrogens with zero attached hydrogens (tertiary/aromatic N) is 5. The molecule has 1 aliphatic rings. The lowest BCUT2D eigenvalue weighted by atomic mass is 10.2. The minimum absolute atomic E-state index is 0.616. The van der Waals surface area contributed by atoms with E-state index in [-0.39, 0.29) is 0 Å². The second-order valence-corrected chi connectivity index (χ2v) is 7.87. The van der Waals surface area contributed by atoms with Crippen molar-refractivity contribution in [2.75, 3.05) is 23.7 Å². The standard InChI is InChI=1S/C17H17BrN6S/c1-10-3-6-24(9-10)17-21-4-2-12(23-17)15-14(18)11(19)8-13(22-15)16-20-5-7-25-16/h2,4-5,7-8,10H,3,6,9H2,1H3,(H2,19,22). The Morgan fingerprint density at radius 3 is 2.84 bits per heavy atom. The van der Waals surface area contributed by atoms with Crippen LogP contribution in [0.3, 0.4) is 0 Å². The van der Waals surface area contributed by atoms with Gasteiger partial charge in [-0.05, 0) is 40.4 Å². The van der Waals surface area contributed by atoms with Crippen molar-refractivity contribution in [3.8, 4) is 22.1 Å². The summed E-state index contributed by atoms with van der Waals surface area (Å²) < 4.78 is 0.743. The number of nitrogen functional groups attached to an aromatic ring is 1. The molecule has 0 radical (unpaired) electrons. The van der Waals surface area contributed by atoms with Crippen LogP contribution in [0.1, 0.15) is 13.3 Å². The van der Waals surface area contributed by atoms with Crippen molar-refractivity contribution < 1.29 is 0 Å². The first-order valence-electron chi connectivity index (χ1n) is 8.06. The zero-order chi connectivity index (χ0) is 17.4. The molecule has 3 aromatic rings. The Balaban J connectivity index is 1.77. The van der Waals surface area contributed by atoms with E-state index < -0.39 is 0 Å². The summed E-state index contributed by atoms with van der Waals surface area (Å²) in [5.41, 5.74) is 9.01. The summed E-state index contributed by atoms with van der Waals surface area (Å²) in [6, 6.07) is 3.69. The Hall–Kier alpha value is -2.06. The largest absolute Gasteiger partial charge is 0.398 e. The molecule has 128 valence electrons. The summed E-state index contributed by atoms with van der Waals surface area (Å²) in [7, 11) is 0. The van der Waals surface area contributed by atoms with Gasteiger partial charge in [0.15, 0.2) is 0 Å². The van der Waals surface area contributed by atoms with Crippen LogP contribution in [-0.2, 0) is 0 Å². The normalized spacial score (nSPS) is 17.2. The topological polar surface area (TPSA) is 80.8 Å². The predicted octanol–water partition coefficient (Wildman–Crippen LogP) is 3.85. The van der Waals surface area contributed by atoms with Gasteiger partial charge < -0.3 is 10.6 Å². The number of aromatic nitrogens is 4. The second-order valence-electron chi connectivity index (χ2n) is 6.18. The van der Waals surface area contributed by atoms with E-state index in [1.54, 1.807) is 12.4 Å². The molecular weight excluding hydrogens is 400 g/mol. The fourth-order valence-electron chi connectivity index (χ4n) is 2.93. The van der Waals surface area contributed by atoms with E-state index in [1.165, 1.54) is 17.8 Å². The molecule has 0 aliphatic carbocycles. The van der Waals surface area contributed by atoms with Crippen molar-refractivity contribution in [1.82, 2.24) is 19.9 Å². The van der Waals surface area contributed by atoms with Gasteiger partial charge in [0.2, 0.25) is 5.95 Å². The first-order chi connectivity index (χ1) is 12.1. The molecule has 1 unspecified atom stereocenters. The highest BCUT2D eigenvalue weighted by atomic mass is 79.9. The number of thiazole rings is 1. The van der Waals surface area contributed by atoms with Crippen LogP contribution >= 0.6 is 27.3 Å². The minimum atomic E-state index is 0.616. The van der Waals surface area contributed by atoms with Gasteiger partial charge in [-0.25, -0.2) is 19.9 Å². The van der Waals surface area contributed by atoms with Crippen molar-refractivity contribution in [3.63, 3.8) is 0 Å². The summed E-state index contributed by atoms with van der Waals surface area (Å²) in [5, 5.41) is 2.76. The number of nitrogens with two attached hydrogens (primary N) is 1. The fraction of sp³-hybridized carbons (Fsp3) is 0.294. The Morgan fingerprint density at radius 2 is 2.12 bits per heavy atom. The molecule has 1 saturated heterocycles. The first kappa shape index (κ1) is 16.4. The predicted molar refractivity (Wildman–Crippen MR) is 104 cm³/mol. The van der Waals surface area contributed by atoms with Crippen molar-refractivity contribution in [1.29, 1.82) is 0 Å². The number of hydrogen-bond acceptors (Lipinski definition) is 7. The van der Waals surface area contributed by atoms with E-state index in [0.29, 0.717) is 17.3 Å². The van der Waals surface area contributed by atoms with Gasteiger partial charge in [-0.2, -0.15) is 0 Å². The molecule has 0 amide bonds. The molecule has 3 aromatic heterocycles. The van der Waals surface area contributed by atoms with Gasteiger partial charge in [-0.1, -0.05) is 6.92 Å². The fourth-order valence-corrected chi connectivity index (χ4v) is 3.93. The number of rotatable bonds is 3. The lowest BCUT2D eigenvalue weighted by Gasteiger charge is -2.16. The van der Waals surface area contributed by atoms with Crippen LogP contribution in [-0.4, -0.2) is 33.0 Å². The van der Waals surface area contributed by atoms with E-state index in [9.17, 15) is 0 Å².